The molecule has 158 valence electrons. The van der Waals surface area contributed by atoms with Crippen LogP contribution in [-0.2, 0) is 20.0 Å². The maximum Gasteiger partial charge on any atom is 0.268 e. The van der Waals surface area contributed by atoms with E-state index >= 15 is 0 Å². The summed E-state index contributed by atoms with van der Waals surface area (Å²) in [5.74, 6) is 0.182. The van der Waals surface area contributed by atoms with Crippen molar-refractivity contribution < 1.29 is 13.9 Å². The van der Waals surface area contributed by atoms with Crippen molar-refractivity contribution in [3.63, 3.8) is 0 Å². The molecule has 1 amide bonds. The molecule has 0 aliphatic rings. The van der Waals surface area contributed by atoms with E-state index in [1.807, 2.05) is 24.3 Å². The minimum atomic E-state index is -0.274. The number of halogens is 1. The van der Waals surface area contributed by atoms with Gasteiger partial charge in [0.1, 0.15) is 22.3 Å². The van der Waals surface area contributed by atoms with Crippen LogP contribution in [0.1, 0.15) is 32.2 Å². The van der Waals surface area contributed by atoms with Crippen molar-refractivity contribution >= 4 is 33.8 Å². The smallest absolute Gasteiger partial charge is 0.268 e. The number of carbonyl (C=O) groups excluding carboxylic acids is 1. The van der Waals surface area contributed by atoms with Crippen LogP contribution in [0.4, 0.5) is 4.39 Å². The normalized spacial score (nSPS) is 10.9. The molecule has 0 aliphatic carbocycles. The highest BCUT2D eigenvalue weighted by Crippen LogP contribution is 2.31. The Morgan fingerprint density at radius 2 is 2.03 bits per heavy atom. The fourth-order valence-electron chi connectivity index (χ4n) is 3.46. The third kappa shape index (κ3) is 4.20. The van der Waals surface area contributed by atoms with Crippen molar-refractivity contribution in [2.75, 3.05) is 7.11 Å². The first kappa shape index (κ1) is 20.7. The van der Waals surface area contributed by atoms with E-state index in [0.29, 0.717) is 29.9 Å². The molecule has 4 aromatic rings. The van der Waals surface area contributed by atoms with Gasteiger partial charge >= 0.3 is 0 Å². The number of aromatic nitrogens is 2. The SMILES string of the molecule is COc1cccc(CNC(=O)c2c(C=N)c3sc(Cc4ccc(F)cc4)nc3n2C)c1. The number of hydrogen-bond acceptors (Lipinski definition) is 5. The van der Waals surface area contributed by atoms with Crippen LogP contribution < -0.4 is 10.1 Å². The molecular weight excluding hydrogens is 415 g/mol. The molecule has 2 N–H and O–H groups in total. The van der Waals surface area contributed by atoms with Crippen LogP contribution in [0.15, 0.2) is 48.5 Å². The van der Waals surface area contributed by atoms with Crippen molar-refractivity contribution in [3.8, 4) is 5.75 Å². The molecule has 4 rings (SSSR count). The molecule has 0 saturated heterocycles. The summed E-state index contributed by atoms with van der Waals surface area (Å²) in [6.45, 7) is 0.343. The predicted molar refractivity (Wildman–Crippen MR) is 120 cm³/mol. The Morgan fingerprint density at radius 3 is 2.74 bits per heavy atom. The summed E-state index contributed by atoms with van der Waals surface area (Å²) in [4.78, 5) is 17.6. The molecule has 0 radical (unpaired) electrons. The van der Waals surface area contributed by atoms with Crippen LogP contribution in [0, 0.1) is 11.2 Å². The number of hydrogen-bond donors (Lipinski definition) is 2. The van der Waals surface area contributed by atoms with Crippen molar-refractivity contribution in [2.45, 2.75) is 13.0 Å². The van der Waals surface area contributed by atoms with E-state index in [0.717, 1.165) is 26.6 Å². The van der Waals surface area contributed by atoms with Gasteiger partial charge in [-0.15, -0.1) is 11.3 Å². The molecule has 2 aromatic heterocycles. The van der Waals surface area contributed by atoms with E-state index in [2.05, 4.69) is 10.3 Å². The van der Waals surface area contributed by atoms with Crippen molar-refractivity contribution in [1.82, 2.24) is 14.9 Å². The molecule has 31 heavy (non-hydrogen) atoms. The highest BCUT2D eigenvalue weighted by Gasteiger charge is 2.23. The number of methoxy groups -OCH3 is 1. The zero-order valence-electron chi connectivity index (χ0n) is 17.1. The van der Waals surface area contributed by atoms with Crippen molar-refractivity contribution in [1.29, 1.82) is 5.41 Å². The summed E-state index contributed by atoms with van der Waals surface area (Å²) < 4.78 is 20.9. The van der Waals surface area contributed by atoms with Crippen LogP contribution in [0.5, 0.6) is 5.75 Å². The largest absolute Gasteiger partial charge is 0.497 e. The van der Waals surface area contributed by atoms with Gasteiger partial charge in [0.2, 0.25) is 0 Å². The maximum absolute atomic E-state index is 13.1. The Kier molecular flexibility index (Phi) is 5.81. The van der Waals surface area contributed by atoms with E-state index in [1.54, 1.807) is 30.9 Å². The molecule has 0 bridgehead atoms. The third-order valence-corrected chi connectivity index (χ3v) is 6.10. The van der Waals surface area contributed by atoms with Crippen LogP contribution in [0.3, 0.4) is 0 Å². The zero-order valence-corrected chi connectivity index (χ0v) is 17.9. The van der Waals surface area contributed by atoms with Gasteiger partial charge in [0.05, 0.1) is 11.8 Å². The summed E-state index contributed by atoms with van der Waals surface area (Å²) >= 11 is 1.45. The number of fused-ring (bicyclic) bond motifs is 1. The fourth-order valence-corrected chi connectivity index (χ4v) is 4.61. The first-order chi connectivity index (χ1) is 15.0. The number of amides is 1. The number of benzene rings is 2. The molecule has 0 spiro atoms. The van der Waals surface area contributed by atoms with E-state index < -0.39 is 0 Å². The van der Waals surface area contributed by atoms with E-state index in [4.69, 9.17) is 10.1 Å². The molecule has 0 aliphatic heterocycles. The lowest BCUT2D eigenvalue weighted by Crippen LogP contribution is -2.26. The summed E-state index contributed by atoms with van der Waals surface area (Å²) in [6, 6.07) is 13.8. The Hall–Kier alpha value is -3.52. The first-order valence-electron chi connectivity index (χ1n) is 9.64. The molecule has 8 heteroatoms. The Balaban J connectivity index is 1.58. The highest BCUT2D eigenvalue weighted by molar-refractivity contribution is 7.19. The second kappa shape index (κ2) is 8.69. The van der Waals surface area contributed by atoms with Crippen molar-refractivity contribution in [2.24, 2.45) is 7.05 Å². The van der Waals surface area contributed by atoms with Gasteiger partial charge in [0.15, 0.2) is 5.65 Å². The van der Waals surface area contributed by atoms with Gasteiger partial charge in [-0.3, -0.25) is 4.79 Å². The van der Waals surface area contributed by atoms with Crippen LogP contribution in [-0.4, -0.2) is 28.8 Å². The summed E-state index contributed by atoms with van der Waals surface area (Å²) in [6.07, 6.45) is 1.76. The average molecular weight is 437 g/mol. The summed E-state index contributed by atoms with van der Waals surface area (Å²) in [7, 11) is 3.37. The third-order valence-electron chi connectivity index (χ3n) is 5.02. The number of nitrogens with one attached hydrogen (secondary N) is 2. The standard InChI is InChI=1S/C23H21FN4O2S/c1-28-20(23(29)26-13-15-4-3-5-17(10-15)30-2)18(12-25)21-22(28)27-19(31-21)11-14-6-8-16(24)9-7-14/h3-10,12,25H,11,13H2,1-2H3,(H,26,29). The topological polar surface area (TPSA) is 80.0 Å². The first-order valence-corrected chi connectivity index (χ1v) is 10.5. The quantitative estimate of drug-likeness (QED) is 0.424. The van der Waals surface area contributed by atoms with Crippen molar-refractivity contribution in [3.05, 3.63) is 81.7 Å². The Morgan fingerprint density at radius 1 is 1.26 bits per heavy atom. The lowest BCUT2D eigenvalue weighted by Gasteiger charge is -2.09. The van der Waals surface area contributed by atoms with Gasteiger partial charge in [-0.25, -0.2) is 9.37 Å². The second-order valence-electron chi connectivity index (χ2n) is 7.06. The van der Waals surface area contributed by atoms with Gasteiger partial charge in [0.25, 0.3) is 5.91 Å². The summed E-state index contributed by atoms with van der Waals surface area (Å²) in [5.41, 5.74) is 3.48. The van der Waals surface area contributed by atoms with Gasteiger partial charge in [0, 0.05) is 31.8 Å². The van der Waals surface area contributed by atoms with Gasteiger partial charge in [-0.1, -0.05) is 24.3 Å². The lowest BCUT2D eigenvalue weighted by molar-refractivity contribution is 0.0943. The van der Waals surface area contributed by atoms with E-state index in [1.165, 1.54) is 29.7 Å². The van der Waals surface area contributed by atoms with Crippen LogP contribution >= 0.6 is 11.3 Å². The number of carbonyl (C=O) groups is 1. The number of ether oxygens (including phenoxy) is 1. The lowest BCUT2D eigenvalue weighted by atomic mass is 10.2. The second-order valence-corrected chi connectivity index (χ2v) is 8.15. The number of aryl methyl sites for hydroxylation is 1. The van der Waals surface area contributed by atoms with Gasteiger partial charge in [-0.2, -0.15) is 0 Å². The molecule has 0 atom stereocenters. The van der Waals surface area contributed by atoms with Crippen LogP contribution in [0.25, 0.3) is 10.3 Å². The number of thiazole rings is 1. The molecule has 0 fully saturated rings. The molecule has 2 aromatic carbocycles. The Bertz CT molecular complexity index is 1260. The Labute approximate surface area is 182 Å². The average Bonchev–Trinajstić information content (AvgIpc) is 3.30. The highest BCUT2D eigenvalue weighted by atomic mass is 32.1. The van der Waals surface area contributed by atoms with Gasteiger partial charge < -0.3 is 20.0 Å². The molecule has 6 nitrogen and oxygen atoms in total. The minimum Gasteiger partial charge on any atom is -0.497 e. The zero-order chi connectivity index (χ0) is 22.0. The fraction of sp³-hybridized carbons (Fsp3) is 0.174. The molecule has 0 saturated carbocycles. The van der Waals surface area contributed by atoms with Gasteiger partial charge in [-0.05, 0) is 35.4 Å². The molecular formula is C23H21FN4O2S. The van der Waals surface area contributed by atoms with E-state index in [-0.39, 0.29) is 11.7 Å². The molecule has 0 unspecified atom stereocenters. The molecule has 2 heterocycles. The van der Waals surface area contributed by atoms with E-state index in [9.17, 15) is 9.18 Å². The predicted octanol–water partition coefficient (Wildman–Crippen LogP) is 4.30. The minimum absolute atomic E-state index is 0.269. The monoisotopic (exact) mass is 436 g/mol. The number of rotatable bonds is 7. The maximum atomic E-state index is 13.1. The summed E-state index contributed by atoms with van der Waals surface area (Å²) in [5, 5.41) is 11.6. The van der Waals surface area contributed by atoms with Crippen LogP contribution in [0.2, 0.25) is 0 Å². The number of nitrogens with zero attached hydrogens (tertiary/aromatic N) is 2.